The molecule has 212 valence electrons. The number of hydrogen-bond donors (Lipinski definition) is 0. The van der Waals surface area contributed by atoms with Gasteiger partial charge in [0.2, 0.25) is 0 Å². The Hall–Kier alpha value is -1.06. The van der Waals surface area contributed by atoms with Crippen molar-refractivity contribution in [1.82, 2.24) is 0 Å². The standard InChI is InChI=1S/C35H43Si.3ClH.Ti/c1-11-30-19-31(12-2)21-34(20-30)36(32-15-23(3)13-24(4)16-32,33-17-25(5)14-26(6)18-33)35(10)22-27(7)28(8)29(35)9;;;;/h13-21H,11-12H2,1-10H3;3*1H;/q;;;;+3/p-3. The molecule has 5 heteroatoms. The summed E-state index contributed by atoms with van der Waals surface area (Å²) in [6, 6.07) is 22.4. The molecule has 1 aliphatic rings. The van der Waals surface area contributed by atoms with Crippen molar-refractivity contribution in [2.45, 2.75) is 87.1 Å². The number of aryl methyl sites for hydroxylation is 6. The Labute approximate surface area is 275 Å². The second kappa shape index (κ2) is 13.9. The van der Waals surface area contributed by atoms with Gasteiger partial charge in [-0.25, -0.2) is 0 Å². The predicted octanol–water partition coefficient (Wildman–Crippen LogP) is -1.54. The third-order valence-electron chi connectivity index (χ3n) is 9.11. The fourth-order valence-corrected chi connectivity index (χ4v) is 15.1. The maximum Gasteiger partial charge on any atom is -1.00 e. The summed E-state index contributed by atoms with van der Waals surface area (Å²) in [6.07, 6.45) is 2.12. The maximum absolute atomic E-state index is 2.66. The van der Waals surface area contributed by atoms with Gasteiger partial charge in [0.25, 0.3) is 0 Å². The summed E-state index contributed by atoms with van der Waals surface area (Å²) in [5, 5.41) is 4.56. The van der Waals surface area contributed by atoms with E-state index in [4.69, 9.17) is 0 Å². The van der Waals surface area contributed by atoms with E-state index in [9.17, 15) is 0 Å². The van der Waals surface area contributed by atoms with Gasteiger partial charge in [0, 0.05) is 0 Å². The normalized spacial score (nSPS) is 16.9. The van der Waals surface area contributed by atoms with Crippen LogP contribution in [0.15, 0.2) is 75.2 Å². The van der Waals surface area contributed by atoms with E-state index in [1.165, 1.54) is 54.9 Å². The van der Waals surface area contributed by atoms with Crippen LogP contribution < -0.4 is 52.8 Å². The van der Waals surface area contributed by atoms with Crippen molar-refractivity contribution >= 4 is 23.6 Å². The summed E-state index contributed by atoms with van der Waals surface area (Å²) >= 11 is 2.42. The van der Waals surface area contributed by atoms with Crippen molar-refractivity contribution in [2.24, 2.45) is 0 Å². The minimum atomic E-state index is -2.66. The van der Waals surface area contributed by atoms with Crippen molar-refractivity contribution < 1.29 is 57.7 Å². The molecule has 3 aromatic carbocycles. The van der Waals surface area contributed by atoms with Crippen molar-refractivity contribution in [3.05, 3.63) is 109 Å². The zero-order chi connectivity index (χ0) is 27.3. The van der Waals surface area contributed by atoms with Crippen molar-refractivity contribution in [3.63, 3.8) is 0 Å². The second-order valence-electron chi connectivity index (χ2n) is 11.6. The van der Waals surface area contributed by atoms with Crippen LogP contribution in [0.5, 0.6) is 0 Å². The summed E-state index contributed by atoms with van der Waals surface area (Å²) in [5.41, 5.74) is 12.9. The average molecular weight is 646 g/mol. The Bertz CT molecular complexity index is 1310. The summed E-state index contributed by atoms with van der Waals surface area (Å²) in [4.78, 5) is 0. The van der Waals surface area contributed by atoms with Gasteiger partial charge >= 0.3 is 240 Å². The summed E-state index contributed by atoms with van der Waals surface area (Å²) in [7, 11) is -2.66. The van der Waals surface area contributed by atoms with E-state index in [0.29, 0.717) is 0 Å². The van der Waals surface area contributed by atoms with E-state index in [1.54, 1.807) is 14.6 Å². The maximum atomic E-state index is 2.59. The summed E-state index contributed by atoms with van der Waals surface area (Å²) in [5.74, 6) is 0. The van der Waals surface area contributed by atoms with Crippen LogP contribution in [0, 0.1) is 27.7 Å². The molecule has 4 rings (SSSR count). The largest absolute Gasteiger partial charge is 1.00 e. The molecule has 0 heterocycles. The van der Waals surface area contributed by atoms with Gasteiger partial charge in [-0.2, -0.15) is 0 Å². The van der Waals surface area contributed by atoms with Gasteiger partial charge in [0.15, 0.2) is 0 Å². The van der Waals surface area contributed by atoms with E-state index in [1.807, 2.05) is 0 Å². The van der Waals surface area contributed by atoms with Crippen LogP contribution in [-0.2, 0) is 33.3 Å². The minimum Gasteiger partial charge on any atom is -1.00 e. The van der Waals surface area contributed by atoms with Gasteiger partial charge in [-0.1, -0.05) is 0 Å². The molecule has 0 nitrogen and oxygen atoms in total. The Kier molecular flexibility index (Phi) is 12.9. The molecule has 1 aliphatic carbocycles. The molecule has 0 amide bonds. The summed E-state index contributed by atoms with van der Waals surface area (Å²) < 4.78 is 1.55. The molecule has 1 unspecified atom stereocenters. The van der Waals surface area contributed by atoms with Crippen LogP contribution in [0.2, 0.25) is 5.04 Å². The molecular weight excluding hydrogens is 603 g/mol. The van der Waals surface area contributed by atoms with Crippen molar-refractivity contribution in [3.8, 4) is 0 Å². The van der Waals surface area contributed by atoms with E-state index in [0.717, 1.165) is 12.8 Å². The second-order valence-corrected chi connectivity index (χ2v) is 16.6. The quantitative estimate of drug-likeness (QED) is 0.225. The topological polar surface area (TPSA) is 0 Å². The van der Waals surface area contributed by atoms with Crippen LogP contribution in [0.25, 0.3) is 0 Å². The van der Waals surface area contributed by atoms with Gasteiger partial charge in [-0.15, -0.1) is 0 Å². The van der Waals surface area contributed by atoms with E-state index in [2.05, 4.69) is 144 Å². The van der Waals surface area contributed by atoms with Crippen LogP contribution in [0.1, 0.15) is 74.9 Å². The summed E-state index contributed by atoms with van der Waals surface area (Å²) in [6.45, 7) is 23.4. The fourth-order valence-electron chi connectivity index (χ4n) is 7.01. The van der Waals surface area contributed by atoms with Crippen LogP contribution in [0.4, 0.5) is 0 Å². The first-order valence-electron chi connectivity index (χ1n) is 13.8. The Balaban J connectivity index is 0.00000267. The Morgan fingerprint density at radius 1 is 0.550 bits per heavy atom. The molecule has 0 spiro atoms. The van der Waals surface area contributed by atoms with Gasteiger partial charge in [0.1, 0.15) is 0 Å². The molecule has 0 saturated heterocycles. The van der Waals surface area contributed by atoms with E-state index < -0.39 is 8.07 Å². The number of halogens is 3. The predicted molar refractivity (Wildman–Crippen MR) is 161 cm³/mol. The molecule has 0 aromatic heterocycles. The van der Waals surface area contributed by atoms with Gasteiger partial charge in [-0.3, -0.25) is 0 Å². The first kappa shape index (κ1) is 37.0. The van der Waals surface area contributed by atoms with Gasteiger partial charge in [0.05, 0.1) is 0 Å². The molecule has 0 radical (unpaired) electrons. The molecular formula is C35H43Cl3SiTi. The minimum absolute atomic E-state index is 0. The molecule has 0 saturated carbocycles. The van der Waals surface area contributed by atoms with E-state index in [-0.39, 0.29) is 42.3 Å². The van der Waals surface area contributed by atoms with Crippen LogP contribution in [0.3, 0.4) is 0 Å². The fraction of sp³-hybridized carbons (Fsp3) is 0.371. The Morgan fingerprint density at radius 3 is 1.20 bits per heavy atom. The van der Waals surface area contributed by atoms with E-state index >= 15 is 0 Å². The molecule has 0 aliphatic heterocycles. The van der Waals surface area contributed by atoms with Gasteiger partial charge < -0.3 is 37.2 Å². The molecule has 1 atom stereocenters. The zero-order valence-corrected chi connectivity index (χ0v) is 30.6. The SMILES string of the molecule is CCc1cc(CC)cc([Si](c2cc(C)cc(C)c2)(c2cc(C)cc(C)c2)C2(C)C(C)=C(C)C(C)=[C]2[Ti+3])c1.[Cl-].[Cl-].[Cl-]. The Morgan fingerprint density at radius 2 is 0.900 bits per heavy atom. The first-order valence-corrected chi connectivity index (χ1v) is 16.6. The molecule has 0 N–H and O–H groups in total. The monoisotopic (exact) mass is 644 g/mol. The van der Waals surface area contributed by atoms with Crippen LogP contribution >= 0.6 is 0 Å². The zero-order valence-electron chi connectivity index (χ0n) is 25.7. The average Bonchev–Trinajstić information content (AvgIpc) is 2.99. The third kappa shape index (κ3) is 5.90. The number of allylic oxidation sites excluding steroid dienone is 4. The number of benzene rings is 3. The van der Waals surface area contributed by atoms with Gasteiger partial charge in [-0.05, 0) is 0 Å². The molecule has 40 heavy (non-hydrogen) atoms. The number of hydrogen-bond acceptors (Lipinski definition) is 0. The molecule has 3 aromatic rings. The van der Waals surface area contributed by atoms with Crippen molar-refractivity contribution in [1.29, 1.82) is 0 Å². The first-order chi connectivity index (χ1) is 17.4. The molecule has 0 bridgehead atoms. The molecule has 0 fully saturated rings. The third-order valence-corrected chi connectivity index (χ3v) is 16.5. The number of rotatable bonds is 6. The van der Waals surface area contributed by atoms with Crippen molar-refractivity contribution in [2.75, 3.05) is 0 Å². The smallest absolute Gasteiger partial charge is 1.00 e. The van der Waals surface area contributed by atoms with Crippen LogP contribution in [-0.4, -0.2) is 8.07 Å².